The molecule has 1 rings (SSSR count). The molecule has 1 atom stereocenters. The number of hydrogen-bond acceptors (Lipinski definition) is 2. The van der Waals surface area contributed by atoms with Crippen LogP contribution in [-0.4, -0.2) is 10.5 Å². The molecule has 1 aromatic heterocycles. The SMILES string of the molecule is CCc1occc1CS(C)=O. The van der Waals surface area contributed by atoms with Crippen LogP contribution < -0.4 is 0 Å². The second-order valence-electron chi connectivity index (χ2n) is 2.44. The van der Waals surface area contributed by atoms with Crippen molar-refractivity contribution in [3.05, 3.63) is 23.7 Å². The third-order valence-corrected chi connectivity index (χ3v) is 2.24. The molecule has 2 nitrogen and oxygen atoms in total. The highest BCUT2D eigenvalue weighted by atomic mass is 32.2. The van der Waals surface area contributed by atoms with E-state index in [0.717, 1.165) is 17.7 Å². The standard InChI is InChI=1S/C8H12O2S/c1-3-8-7(4-5-10-8)6-11(2)9/h4-5H,3,6H2,1-2H3. The molecular weight excluding hydrogens is 160 g/mol. The smallest absolute Gasteiger partial charge is 0.107 e. The Balaban J connectivity index is 2.76. The molecule has 0 aliphatic carbocycles. The van der Waals surface area contributed by atoms with Crippen LogP contribution in [0, 0.1) is 0 Å². The third kappa shape index (κ3) is 2.19. The topological polar surface area (TPSA) is 30.2 Å². The first-order chi connectivity index (χ1) is 5.24. The van der Waals surface area contributed by atoms with Crippen molar-refractivity contribution >= 4 is 10.8 Å². The van der Waals surface area contributed by atoms with E-state index < -0.39 is 10.8 Å². The lowest BCUT2D eigenvalue weighted by Gasteiger charge is -1.95. The lowest BCUT2D eigenvalue weighted by atomic mass is 10.2. The monoisotopic (exact) mass is 172 g/mol. The summed E-state index contributed by atoms with van der Waals surface area (Å²) in [5.41, 5.74) is 1.08. The van der Waals surface area contributed by atoms with Crippen LogP contribution in [0.15, 0.2) is 16.7 Å². The van der Waals surface area contributed by atoms with Crippen molar-refractivity contribution < 1.29 is 8.63 Å². The summed E-state index contributed by atoms with van der Waals surface area (Å²) in [7, 11) is -0.767. The van der Waals surface area contributed by atoms with Crippen LogP contribution in [0.4, 0.5) is 0 Å². The van der Waals surface area contributed by atoms with Gasteiger partial charge in [0.2, 0.25) is 0 Å². The van der Waals surface area contributed by atoms with Crippen molar-refractivity contribution in [3.8, 4) is 0 Å². The normalized spacial score (nSPS) is 13.3. The summed E-state index contributed by atoms with van der Waals surface area (Å²) >= 11 is 0. The molecule has 0 amide bonds. The Kier molecular flexibility index (Phi) is 2.88. The van der Waals surface area contributed by atoms with Gasteiger partial charge in [-0.2, -0.15) is 0 Å². The Morgan fingerprint density at radius 2 is 2.36 bits per heavy atom. The molecule has 1 unspecified atom stereocenters. The van der Waals surface area contributed by atoms with E-state index >= 15 is 0 Å². The fourth-order valence-electron chi connectivity index (χ4n) is 1.02. The minimum absolute atomic E-state index is 0.611. The average Bonchev–Trinajstić information content (AvgIpc) is 2.34. The zero-order chi connectivity index (χ0) is 8.27. The van der Waals surface area contributed by atoms with E-state index in [0.29, 0.717) is 5.75 Å². The average molecular weight is 172 g/mol. The number of rotatable bonds is 3. The summed E-state index contributed by atoms with van der Waals surface area (Å²) < 4.78 is 16.0. The Morgan fingerprint density at radius 1 is 1.64 bits per heavy atom. The summed E-state index contributed by atoms with van der Waals surface area (Å²) in [5.74, 6) is 1.57. The van der Waals surface area contributed by atoms with Crippen LogP contribution >= 0.6 is 0 Å². The molecule has 0 spiro atoms. The molecule has 0 aromatic carbocycles. The van der Waals surface area contributed by atoms with Gasteiger partial charge in [0, 0.05) is 29.0 Å². The van der Waals surface area contributed by atoms with Crippen LogP contribution in [0.1, 0.15) is 18.2 Å². The Labute approximate surface area is 69.1 Å². The van der Waals surface area contributed by atoms with Crippen molar-refractivity contribution in [2.24, 2.45) is 0 Å². The first kappa shape index (κ1) is 8.53. The summed E-state index contributed by atoms with van der Waals surface area (Å²) in [6.45, 7) is 2.03. The third-order valence-electron chi connectivity index (χ3n) is 1.52. The van der Waals surface area contributed by atoms with Crippen molar-refractivity contribution in [2.45, 2.75) is 19.1 Å². The minimum atomic E-state index is -0.767. The number of hydrogen-bond donors (Lipinski definition) is 0. The maximum Gasteiger partial charge on any atom is 0.107 e. The number of furan rings is 1. The zero-order valence-corrected chi connectivity index (χ0v) is 7.61. The van der Waals surface area contributed by atoms with Gasteiger partial charge in [0.25, 0.3) is 0 Å². The highest BCUT2D eigenvalue weighted by Gasteiger charge is 2.04. The number of aryl methyl sites for hydroxylation is 1. The van der Waals surface area contributed by atoms with E-state index in [1.54, 1.807) is 12.5 Å². The van der Waals surface area contributed by atoms with E-state index in [-0.39, 0.29) is 0 Å². The molecule has 0 aliphatic heterocycles. The Morgan fingerprint density at radius 3 is 2.91 bits per heavy atom. The minimum Gasteiger partial charge on any atom is -0.469 e. The molecule has 0 aliphatic rings. The molecular formula is C8H12O2S. The predicted octanol–water partition coefficient (Wildman–Crippen LogP) is 1.72. The second-order valence-corrected chi connectivity index (χ2v) is 3.88. The molecule has 3 heteroatoms. The van der Waals surface area contributed by atoms with Crippen molar-refractivity contribution in [1.29, 1.82) is 0 Å². The van der Waals surface area contributed by atoms with E-state index in [4.69, 9.17) is 4.42 Å². The van der Waals surface area contributed by atoms with Gasteiger partial charge in [-0.05, 0) is 6.07 Å². The Hall–Kier alpha value is -0.570. The van der Waals surface area contributed by atoms with Crippen LogP contribution in [0.2, 0.25) is 0 Å². The maximum absolute atomic E-state index is 10.8. The Bertz CT molecular complexity index is 252. The highest BCUT2D eigenvalue weighted by Crippen LogP contribution is 2.12. The van der Waals surface area contributed by atoms with Crippen LogP contribution in [0.5, 0.6) is 0 Å². The van der Waals surface area contributed by atoms with Crippen LogP contribution in [0.25, 0.3) is 0 Å². The largest absolute Gasteiger partial charge is 0.469 e. The van der Waals surface area contributed by atoms with E-state index in [1.807, 2.05) is 13.0 Å². The van der Waals surface area contributed by atoms with Gasteiger partial charge in [-0.25, -0.2) is 0 Å². The maximum atomic E-state index is 10.8. The molecule has 0 fully saturated rings. The van der Waals surface area contributed by atoms with Gasteiger partial charge in [0.1, 0.15) is 5.76 Å². The molecule has 1 heterocycles. The van der Waals surface area contributed by atoms with Gasteiger partial charge >= 0.3 is 0 Å². The molecule has 0 bridgehead atoms. The lowest BCUT2D eigenvalue weighted by molar-refractivity contribution is 0.513. The van der Waals surface area contributed by atoms with Gasteiger partial charge in [0.05, 0.1) is 12.0 Å². The first-order valence-electron chi connectivity index (χ1n) is 3.59. The van der Waals surface area contributed by atoms with Gasteiger partial charge in [-0.15, -0.1) is 0 Å². The second kappa shape index (κ2) is 3.72. The first-order valence-corrected chi connectivity index (χ1v) is 5.32. The van der Waals surface area contributed by atoms with Gasteiger partial charge in [-0.3, -0.25) is 4.21 Å². The van der Waals surface area contributed by atoms with E-state index in [9.17, 15) is 4.21 Å². The molecule has 1 aromatic rings. The van der Waals surface area contributed by atoms with Crippen molar-refractivity contribution in [3.63, 3.8) is 0 Å². The fraction of sp³-hybridized carbons (Fsp3) is 0.500. The van der Waals surface area contributed by atoms with Crippen LogP contribution in [-0.2, 0) is 23.0 Å². The van der Waals surface area contributed by atoms with Gasteiger partial charge < -0.3 is 4.42 Å². The molecule has 0 saturated heterocycles. The molecule has 11 heavy (non-hydrogen) atoms. The molecule has 0 radical (unpaired) electrons. The zero-order valence-electron chi connectivity index (χ0n) is 6.79. The quantitative estimate of drug-likeness (QED) is 0.695. The van der Waals surface area contributed by atoms with Crippen molar-refractivity contribution in [1.82, 2.24) is 0 Å². The molecule has 0 saturated carbocycles. The van der Waals surface area contributed by atoms with E-state index in [2.05, 4.69) is 0 Å². The fourth-order valence-corrected chi connectivity index (χ4v) is 1.72. The highest BCUT2D eigenvalue weighted by molar-refractivity contribution is 7.83. The lowest BCUT2D eigenvalue weighted by Crippen LogP contribution is -1.93. The van der Waals surface area contributed by atoms with E-state index in [1.165, 1.54) is 0 Å². The van der Waals surface area contributed by atoms with Crippen LogP contribution in [0.3, 0.4) is 0 Å². The summed E-state index contributed by atoms with van der Waals surface area (Å²) in [5, 5.41) is 0. The molecule has 62 valence electrons. The van der Waals surface area contributed by atoms with Gasteiger partial charge in [0.15, 0.2) is 0 Å². The molecule has 0 N–H and O–H groups in total. The summed E-state index contributed by atoms with van der Waals surface area (Å²) in [6, 6.07) is 1.89. The van der Waals surface area contributed by atoms with Crippen molar-refractivity contribution in [2.75, 3.05) is 6.26 Å². The van der Waals surface area contributed by atoms with Gasteiger partial charge in [-0.1, -0.05) is 6.92 Å². The summed E-state index contributed by atoms with van der Waals surface area (Å²) in [6.07, 6.45) is 4.23. The summed E-state index contributed by atoms with van der Waals surface area (Å²) in [4.78, 5) is 0. The predicted molar refractivity (Wildman–Crippen MR) is 45.9 cm³/mol.